The number of hydrogen-bond donors (Lipinski definition) is 2. The molecule has 39 heavy (non-hydrogen) atoms. The predicted molar refractivity (Wildman–Crippen MR) is 140 cm³/mol. The first-order valence-electron chi connectivity index (χ1n) is 12.2. The summed E-state index contributed by atoms with van der Waals surface area (Å²) >= 11 is 0.727. The topological polar surface area (TPSA) is 189 Å². The van der Waals surface area contributed by atoms with Crippen molar-refractivity contribution in [2.75, 3.05) is 44.3 Å². The second-order valence-electron chi connectivity index (χ2n) is 9.14. The van der Waals surface area contributed by atoms with Crippen molar-refractivity contribution in [3.63, 3.8) is 0 Å². The molecule has 1 aromatic carbocycles. The van der Waals surface area contributed by atoms with Gasteiger partial charge in [0.2, 0.25) is 5.91 Å². The molecule has 202 valence electrons. The van der Waals surface area contributed by atoms with Gasteiger partial charge in [-0.05, 0) is 23.7 Å². The van der Waals surface area contributed by atoms with E-state index in [4.69, 9.17) is 20.9 Å². The van der Waals surface area contributed by atoms with Gasteiger partial charge in [0.1, 0.15) is 28.5 Å². The molecule has 2 amide bonds. The van der Waals surface area contributed by atoms with Crippen LogP contribution in [-0.4, -0.2) is 73.1 Å². The third kappa shape index (κ3) is 5.00. The van der Waals surface area contributed by atoms with E-state index in [0.29, 0.717) is 44.0 Å². The number of hydrogen-bond acceptors (Lipinski definition) is 11. The van der Waals surface area contributed by atoms with Gasteiger partial charge in [0.25, 0.3) is 17.3 Å². The number of carbonyl (C=O) groups is 3. The van der Waals surface area contributed by atoms with E-state index in [1.807, 2.05) is 4.90 Å². The molecule has 4 rings (SSSR count). The van der Waals surface area contributed by atoms with Gasteiger partial charge < -0.3 is 30.7 Å². The van der Waals surface area contributed by atoms with E-state index in [9.17, 15) is 24.9 Å². The molecule has 1 atom stereocenters. The first-order valence-corrected chi connectivity index (χ1v) is 13.0. The molecular weight excluding hydrogens is 522 g/mol. The summed E-state index contributed by atoms with van der Waals surface area (Å²) < 4.78 is 10.4. The Morgan fingerprint density at radius 2 is 1.82 bits per heavy atom. The van der Waals surface area contributed by atoms with Crippen LogP contribution in [0.3, 0.4) is 0 Å². The molecule has 0 aliphatic carbocycles. The van der Waals surface area contributed by atoms with Crippen molar-refractivity contribution in [3.8, 4) is 12.1 Å². The molecule has 12 nitrogen and oxygen atoms in total. The molecule has 0 radical (unpaired) electrons. The Bertz CT molecular complexity index is 1360. The van der Waals surface area contributed by atoms with Gasteiger partial charge in [-0.1, -0.05) is 37.3 Å². The number of ether oxygens (including phenoxy) is 2. The molecule has 3 heterocycles. The lowest BCUT2D eigenvalue weighted by Crippen LogP contribution is -2.68. The van der Waals surface area contributed by atoms with E-state index in [1.165, 1.54) is 0 Å². The van der Waals surface area contributed by atoms with Crippen molar-refractivity contribution in [2.45, 2.75) is 28.8 Å². The number of nitrogens with zero attached hydrogens (tertiary/aromatic N) is 5. The zero-order valence-corrected chi connectivity index (χ0v) is 22.1. The number of benzene rings is 1. The van der Waals surface area contributed by atoms with Crippen LogP contribution in [0, 0.1) is 22.7 Å². The number of amides is 2. The quantitative estimate of drug-likeness (QED) is 0.250. The maximum atomic E-state index is 12.8. The highest BCUT2D eigenvalue weighted by atomic mass is 32.2. The number of anilines is 1. The van der Waals surface area contributed by atoms with Gasteiger partial charge in [0.15, 0.2) is 0 Å². The highest BCUT2D eigenvalue weighted by Crippen LogP contribution is 2.44. The Kier molecular flexibility index (Phi) is 8.06. The molecule has 2 fully saturated rings. The lowest BCUT2D eigenvalue weighted by Gasteiger charge is -2.43. The Morgan fingerprint density at radius 3 is 2.31 bits per heavy atom. The standard InChI is InChI=1S/C26H27N7O5S/c1-2-18-19(12-27)21(32-8-10-33(11-9-32)24(36)25(30)14-37-15-25)31-22(20(18)13-28)39-26(23(29)35,38-16-34)17-6-4-3-5-7-17/h3-7,16H,2,8-11,14-15,30H2,1H3,(H2,29,35). The Morgan fingerprint density at radius 1 is 1.18 bits per heavy atom. The van der Waals surface area contributed by atoms with E-state index in [1.54, 1.807) is 42.2 Å². The van der Waals surface area contributed by atoms with E-state index < -0.39 is 16.4 Å². The Labute approximate surface area is 229 Å². The van der Waals surface area contributed by atoms with Gasteiger partial charge in [-0.3, -0.25) is 14.4 Å². The van der Waals surface area contributed by atoms with Crippen molar-refractivity contribution in [1.82, 2.24) is 9.88 Å². The minimum atomic E-state index is -2.01. The molecule has 0 saturated carbocycles. The molecule has 2 aliphatic heterocycles. The second kappa shape index (κ2) is 11.3. The summed E-state index contributed by atoms with van der Waals surface area (Å²) in [7, 11) is 0. The molecule has 1 aromatic heterocycles. The number of nitriles is 2. The number of piperazine rings is 1. The average molecular weight is 550 g/mol. The van der Waals surface area contributed by atoms with Crippen LogP contribution in [0.25, 0.3) is 0 Å². The number of thioether (sulfide) groups is 1. The molecular formula is C26H27N7O5S. The first-order chi connectivity index (χ1) is 18.7. The monoisotopic (exact) mass is 549 g/mol. The van der Waals surface area contributed by atoms with Crippen LogP contribution < -0.4 is 16.4 Å². The van der Waals surface area contributed by atoms with E-state index >= 15 is 0 Å². The van der Waals surface area contributed by atoms with Gasteiger partial charge in [-0.15, -0.1) is 0 Å². The lowest BCUT2D eigenvalue weighted by atomic mass is 9.96. The summed E-state index contributed by atoms with van der Waals surface area (Å²) in [6, 6.07) is 12.5. The fourth-order valence-corrected chi connectivity index (χ4v) is 5.75. The van der Waals surface area contributed by atoms with Crippen molar-refractivity contribution in [1.29, 1.82) is 10.5 Å². The second-order valence-corrected chi connectivity index (χ2v) is 10.3. The Balaban J connectivity index is 1.75. The smallest absolute Gasteiger partial charge is 0.295 e. The lowest BCUT2D eigenvalue weighted by molar-refractivity contribution is -0.154. The van der Waals surface area contributed by atoms with E-state index in [0.717, 1.165) is 11.8 Å². The molecule has 13 heteroatoms. The number of primary amides is 1. The minimum absolute atomic E-state index is 0.0823. The van der Waals surface area contributed by atoms with Crippen molar-refractivity contribution in [3.05, 3.63) is 52.6 Å². The number of nitrogens with two attached hydrogens (primary N) is 2. The molecule has 2 aliphatic rings. The zero-order valence-electron chi connectivity index (χ0n) is 21.3. The van der Waals surface area contributed by atoms with Gasteiger partial charge in [-0.25, -0.2) is 4.98 Å². The summed E-state index contributed by atoms with van der Waals surface area (Å²) in [5, 5.41) is 20.2. The first kappa shape index (κ1) is 27.9. The highest BCUT2D eigenvalue weighted by molar-refractivity contribution is 8.00. The van der Waals surface area contributed by atoms with Gasteiger partial charge in [0.05, 0.1) is 24.3 Å². The van der Waals surface area contributed by atoms with Gasteiger partial charge >= 0.3 is 0 Å². The SMILES string of the molecule is CCc1c(C#N)c(SC(OC=O)(C(N)=O)c2ccccc2)nc(N2CCN(C(=O)C3(N)COC3)CC2)c1C#N. The van der Waals surface area contributed by atoms with Crippen LogP contribution in [-0.2, 0) is 35.2 Å². The zero-order chi connectivity index (χ0) is 28.2. The van der Waals surface area contributed by atoms with Crippen LogP contribution in [0.1, 0.15) is 29.2 Å². The number of carbonyl (C=O) groups excluding carboxylic acids is 3. The highest BCUT2D eigenvalue weighted by Gasteiger charge is 2.46. The van der Waals surface area contributed by atoms with Crippen LogP contribution >= 0.6 is 11.8 Å². The third-order valence-corrected chi connectivity index (χ3v) is 8.08. The van der Waals surface area contributed by atoms with Crippen molar-refractivity contribution in [2.24, 2.45) is 11.5 Å². The fourth-order valence-electron chi connectivity index (χ4n) is 4.63. The van der Waals surface area contributed by atoms with Crippen LogP contribution in [0.2, 0.25) is 0 Å². The summed E-state index contributed by atoms with van der Waals surface area (Å²) in [5.74, 6) is -0.856. The number of pyridine rings is 1. The summed E-state index contributed by atoms with van der Waals surface area (Å²) in [4.78, 5) is 43.3. The Hall–Kier alpha value is -4.17. The summed E-state index contributed by atoms with van der Waals surface area (Å²) in [6.45, 7) is 3.67. The number of rotatable bonds is 9. The van der Waals surface area contributed by atoms with Gasteiger partial charge in [-0.2, -0.15) is 10.5 Å². The largest absolute Gasteiger partial charge is 0.435 e. The fraction of sp³-hybridized carbons (Fsp3) is 0.385. The van der Waals surface area contributed by atoms with Gasteiger partial charge in [0, 0.05) is 31.7 Å². The summed E-state index contributed by atoms with van der Waals surface area (Å²) in [5.41, 5.74) is 11.9. The molecule has 1 unspecified atom stereocenters. The van der Waals surface area contributed by atoms with Crippen LogP contribution in [0.15, 0.2) is 35.4 Å². The molecule has 2 aromatic rings. The maximum absolute atomic E-state index is 12.8. The normalized spacial score (nSPS) is 17.6. The third-order valence-electron chi connectivity index (χ3n) is 6.77. The van der Waals surface area contributed by atoms with E-state index in [-0.39, 0.29) is 47.3 Å². The summed E-state index contributed by atoms with van der Waals surface area (Å²) in [6.07, 6.45) is 0.326. The predicted octanol–water partition coefficient (Wildman–Crippen LogP) is 0.367. The molecule has 2 saturated heterocycles. The maximum Gasteiger partial charge on any atom is 0.295 e. The van der Waals surface area contributed by atoms with Crippen LogP contribution in [0.5, 0.6) is 0 Å². The molecule has 0 spiro atoms. The number of aromatic nitrogens is 1. The van der Waals surface area contributed by atoms with Crippen LogP contribution in [0.4, 0.5) is 5.82 Å². The molecule has 4 N–H and O–H groups in total. The minimum Gasteiger partial charge on any atom is -0.435 e. The van der Waals surface area contributed by atoms with E-state index in [2.05, 4.69) is 17.1 Å². The molecule has 0 bridgehead atoms. The van der Waals surface area contributed by atoms with Crippen molar-refractivity contribution < 1.29 is 23.9 Å². The van der Waals surface area contributed by atoms with Crippen molar-refractivity contribution >= 4 is 35.9 Å². The average Bonchev–Trinajstić information content (AvgIpc) is 2.94.